The number of pyridine rings is 1. The fourth-order valence-electron chi connectivity index (χ4n) is 2.08. The molecule has 0 spiro atoms. The van der Waals surface area contributed by atoms with Crippen LogP contribution in [0.2, 0.25) is 5.15 Å². The van der Waals surface area contributed by atoms with Crippen LogP contribution in [0.15, 0.2) is 18.3 Å². The number of amides is 2. The second kappa shape index (κ2) is 5.88. The number of carbonyl (C=O) groups excluding carboxylic acids is 1. The summed E-state index contributed by atoms with van der Waals surface area (Å²) in [4.78, 5) is 16.7. The van der Waals surface area contributed by atoms with Gasteiger partial charge in [-0.15, -0.1) is 0 Å². The van der Waals surface area contributed by atoms with Gasteiger partial charge >= 0.3 is 6.03 Å². The maximum atomic E-state index is 13.5. The maximum absolute atomic E-state index is 13.5. The van der Waals surface area contributed by atoms with Gasteiger partial charge in [0.25, 0.3) is 5.92 Å². The van der Waals surface area contributed by atoms with Gasteiger partial charge in [0.1, 0.15) is 5.15 Å². The molecular weight excluding hydrogens is 292 g/mol. The number of alkyl halides is 2. The van der Waals surface area contributed by atoms with Crippen molar-refractivity contribution in [3.8, 4) is 0 Å². The number of carbonyl (C=O) groups is 1. The van der Waals surface area contributed by atoms with Crippen LogP contribution in [0, 0.1) is 0 Å². The van der Waals surface area contributed by atoms with E-state index in [9.17, 15) is 13.6 Å². The highest BCUT2D eigenvalue weighted by Crippen LogP contribution is 2.28. The van der Waals surface area contributed by atoms with Gasteiger partial charge in [-0.3, -0.25) is 0 Å². The first-order valence-corrected chi connectivity index (χ1v) is 6.33. The van der Waals surface area contributed by atoms with Gasteiger partial charge in [0.2, 0.25) is 0 Å². The average Bonchev–Trinajstić information content (AvgIpc) is 2.39. The van der Waals surface area contributed by atoms with Gasteiger partial charge in [0.05, 0.1) is 25.7 Å². The van der Waals surface area contributed by atoms with Crippen LogP contribution in [-0.4, -0.2) is 48.6 Å². The number of halogens is 3. The number of rotatable bonds is 4. The van der Waals surface area contributed by atoms with Gasteiger partial charge in [-0.05, 0) is 17.7 Å². The molecule has 0 aliphatic carbocycles. The van der Waals surface area contributed by atoms with Crippen LogP contribution >= 0.6 is 11.6 Å². The number of nitrogens with one attached hydrogen (secondary N) is 1. The van der Waals surface area contributed by atoms with Gasteiger partial charge in [-0.25, -0.2) is 18.6 Å². The van der Waals surface area contributed by atoms with Crippen molar-refractivity contribution in [2.75, 3.05) is 26.8 Å². The van der Waals surface area contributed by atoms with Crippen molar-refractivity contribution in [3.05, 3.63) is 29.0 Å². The van der Waals surface area contributed by atoms with Gasteiger partial charge in [0.15, 0.2) is 0 Å². The Hall–Kier alpha value is -1.47. The van der Waals surface area contributed by atoms with E-state index in [1.165, 1.54) is 19.4 Å². The normalized spacial score (nSPS) is 19.6. The molecule has 1 atom stereocenters. The molecule has 1 aromatic rings. The number of urea groups is 1. The molecular formula is C12H14ClF2N3O2. The third-order valence-electron chi connectivity index (χ3n) is 3.00. The zero-order chi connectivity index (χ0) is 14.8. The summed E-state index contributed by atoms with van der Waals surface area (Å²) in [6.07, 6.45) is 1.46. The average molecular weight is 306 g/mol. The van der Waals surface area contributed by atoms with Crippen molar-refractivity contribution in [3.63, 3.8) is 0 Å². The SMILES string of the molecule is COCC(c1ccnc(Cl)c1)N1CC(F)(F)CNC1=O. The fraction of sp³-hybridized carbons (Fsp3) is 0.500. The number of hydrogen-bond donors (Lipinski definition) is 1. The van der Waals surface area contributed by atoms with Crippen LogP contribution in [0.1, 0.15) is 11.6 Å². The Bertz CT molecular complexity index is 501. The minimum Gasteiger partial charge on any atom is -0.382 e. The third kappa shape index (κ3) is 3.34. The summed E-state index contributed by atoms with van der Waals surface area (Å²) < 4.78 is 32.0. The first kappa shape index (κ1) is 14.9. The third-order valence-corrected chi connectivity index (χ3v) is 3.20. The van der Waals surface area contributed by atoms with E-state index in [0.29, 0.717) is 5.56 Å². The van der Waals surface area contributed by atoms with Crippen molar-refractivity contribution in [1.29, 1.82) is 0 Å². The Morgan fingerprint density at radius 2 is 2.40 bits per heavy atom. The van der Waals surface area contributed by atoms with Gasteiger partial charge in [-0.1, -0.05) is 11.6 Å². The van der Waals surface area contributed by atoms with Crippen molar-refractivity contribution in [2.45, 2.75) is 12.0 Å². The van der Waals surface area contributed by atoms with Gasteiger partial charge < -0.3 is 15.0 Å². The summed E-state index contributed by atoms with van der Waals surface area (Å²) in [6, 6.07) is 1.96. The van der Waals surface area contributed by atoms with Crippen molar-refractivity contribution in [2.24, 2.45) is 0 Å². The summed E-state index contributed by atoms with van der Waals surface area (Å²) in [5.41, 5.74) is 0.597. The molecule has 0 saturated carbocycles. The second-order valence-electron chi connectivity index (χ2n) is 4.53. The molecule has 1 aliphatic rings. The van der Waals surface area contributed by atoms with E-state index >= 15 is 0 Å². The van der Waals surface area contributed by atoms with E-state index in [4.69, 9.17) is 16.3 Å². The van der Waals surface area contributed by atoms with Crippen LogP contribution in [0.4, 0.5) is 13.6 Å². The summed E-state index contributed by atoms with van der Waals surface area (Å²) in [5, 5.41) is 2.41. The van der Waals surface area contributed by atoms with Crippen LogP contribution in [0.25, 0.3) is 0 Å². The molecule has 2 heterocycles. The number of nitrogens with zero attached hydrogens (tertiary/aromatic N) is 2. The minimum absolute atomic E-state index is 0.0871. The standard InChI is InChI=1S/C12H14ClF2N3O2/c1-20-5-9(8-2-3-16-10(13)4-8)18-7-12(14,15)6-17-11(18)19/h2-4,9H,5-7H2,1H3,(H,17,19). The molecule has 20 heavy (non-hydrogen) atoms. The molecule has 110 valence electrons. The molecule has 8 heteroatoms. The molecule has 0 bridgehead atoms. The zero-order valence-electron chi connectivity index (χ0n) is 10.8. The number of aromatic nitrogens is 1. The number of methoxy groups -OCH3 is 1. The summed E-state index contributed by atoms with van der Waals surface area (Å²) in [7, 11) is 1.44. The first-order valence-electron chi connectivity index (χ1n) is 5.95. The van der Waals surface area contributed by atoms with Crippen molar-refractivity contribution in [1.82, 2.24) is 15.2 Å². The predicted octanol–water partition coefficient (Wildman–Crippen LogP) is 2.08. The van der Waals surface area contributed by atoms with E-state index < -0.39 is 31.1 Å². The number of ether oxygens (including phenoxy) is 1. The molecule has 1 fully saturated rings. The Balaban J connectivity index is 2.29. The molecule has 2 rings (SSSR count). The monoisotopic (exact) mass is 305 g/mol. The largest absolute Gasteiger partial charge is 0.382 e. The Morgan fingerprint density at radius 1 is 1.65 bits per heavy atom. The topological polar surface area (TPSA) is 54.5 Å². The van der Waals surface area contributed by atoms with Crippen LogP contribution < -0.4 is 5.32 Å². The van der Waals surface area contributed by atoms with E-state index in [0.717, 1.165) is 4.90 Å². The predicted molar refractivity (Wildman–Crippen MR) is 68.9 cm³/mol. The summed E-state index contributed by atoms with van der Waals surface area (Å²) in [6.45, 7) is -1.23. The smallest absolute Gasteiger partial charge is 0.318 e. The van der Waals surface area contributed by atoms with Crippen LogP contribution in [-0.2, 0) is 4.74 Å². The summed E-state index contributed by atoms with van der Waals surface area (Å²) >= 11 is 5.80. The van der Waals surface area contributed by atoms with Crippen molar-refractivity contribution < 1.29 is 18.3 Å². The fourth-order valence-corrected chi connectivity index (χ4v) is 2.27. The van der Waals surface area contributed by atoms with E-state index in [1.54, 1.807) is 6.07 Å². The molecule has 5 nitrogen and oxygen atoms in total. The lowest BCUT2D eigenvalue weighted by atomic mass is 10.1. The maximum Gasteiger partial charge on any atom is 0.318 e. The highest BCUT2D eigenvalue weighted by molar-refractivity contribution is 6.29. The molecule has 0 radical (unpaired) electrons. The Labute approximate surface area is 119 Å². The van der Waals surface area contributed by atoms with Crippen molar-refractivity contribution >= 4 is 17.6 Å². The van der Waals surface area contributed by atoms with Gasteiger partial charge in [-0.2, -0.15) is 0 Å². The number of hydrogen-bond acceptors (Lipinski definition) is 3. The lowest BCUT2D eigenvalue weighted by Gasteiger charge is -2.38. The molecule has 0 aromatic carbocycles. The molecule has 1 unspecified atom stereocenters. The first-order chi connectivity index (χ1) is 9.43. The zero-order valence-corrected chi connectivity index (χ0v) is 11.5. The molecule has 1 N–H and O–H groups in total. The molecule has 1 aromatic heterocycles. The lowest BCUT2D eigenvalue weighted by molar-refractivity contribution is -0.0509. The molecule has 1 aliphatic heterocycles. The molecule has 1 saturated heterocycles. The van der Waals surface area contributed by atoms with Crippen LogP contribution in [0.3, 0.4) is 0 Å². The quantitative estimate of drug-likeness (QED) is 0.867. The van der Waals surface area contributed by atoms with E-state index in [-0.39, 0.29) is 11.8 Å². The highest BCUT2D eigenvalue weighted by atomic mass is 35.5. The second-order valence-corrected chi connectivity index (χ2v) is 4.91. The van der Waals surface area contributed by atoms with E-state index in [1.807, 2.05) is 0 Å². The molecule has 2 amide bonds. The van der Waals surface area contributed by atoms with Gasteiger partial charge in [0, 0.05) is 13.3 Å². The summed E-state index contributed by atoms with van der Waals surface area (Å²) in [5.74, 6) is -2.98. The Morgan fingerprint density at radius 3 is 3.05 bits per heavy atom. The Kier molecular flexibility index (Phi) is 4.39. The highest BCUT2D eigenvalue weighted by Gasteiger charge is 2.42. The van der Waals surface area contributed by atoms with Crippen LogP contribution in [0.5, 0.6) is 0 Å². The lowest BCUT2D eigenvalue weighted by Crippen LogP contribution is -2.58. The minimum atomic E-state index is -2.98. The van der Waals surface area contributed by atoms with E-state index in [2.05, 4.69) is 10.3 Å².